The van der Waals surface area contributed by atoms with Crippen LogP contribution in [0.4, 0.5) is 5.69 Å². The highest BCUT2D eigenvalue weighted by Crippen LogP contribution is 2.32. The minimum atomic E-state index is -0.525. The summed E-state index contributed by atoms with van der Waals surface area (Å²) in [5, 5.41) is 4.40. The number of hydrogen-bond acceptors (Lipinski definition) is 4. The third-order valence-electron chi connectivity index (χ3n) is 3.98. The van der Waals surface area contributed by atoms with Gasteiger partial charge in [0.25, 0.3) is 5.56 Å². The van der Waals surface area contributed by atoms with Gasteiger partial charge < -0.3 is 10.6 Å². The zero-order chi connectivity index (χ0) is 17.4. The van der Waals surface area contributed by atoms with Crippen molar-refractivity contribution in [3.05, 3.63) is 49.8 Å². The van der Waals surface area contributed by atoms with Crippen molar-refractivity contribution < 1.29 is 4.79 Å². The molecule has 9 heteroatoms. The van der Waals surface area contributed by atoms with Gasteiger partial charge in [-0.2, -0.15) is 9.78 Å². The van der Waals surface area contributed by atoms with Crippen molar-refractivity contribution in [3.63, 3.8) is 0 Å². The molecule has 1 saturated heterocycles. The van der Waals surface area contributed by atoms with E-state index in [9.17, 15) is 9.59 Å². The Balaban J connectivity index is 1.93. The minimum Gasteiger partial charge on any atom is -0.370 e. The molecule has 0 spiro atoms. The topological polar surface area (TPSA) is 81.2 Å². The summed E-state index contributed by atoms with van der Waals surface area (Å²) in [4.78, 5) is 25.4. The largest absolute Gasteiger partial charge is 0.370 e. The molecule has 1 atom stereocenters. The second kappa shape index (κ2) is 6.63. The predicted molar refractivity (Wildman–Crippen MR) is 94.4 cm³/mol. The number of carbonyl (C=O) groups is 1. The second-order valence-electron chi connectivity index (χ2n) is 5.49. The average molecular weight is 388 g/mol. The molecule has 1 aromatic heterocycles. The number of nitrogens with two attached hydrogens (primary N) is 1. The number of aromatic nitrogens is 2. The summed E-state index contributed by atoms with van der Waals surface area (Å²) < 4.78 is 1.13. The number of rotatable bonds is 3. The van der Waals surface area contributed by atoms with Crippen LogP contribution in [0.5, 0.6) is 0 Å². The maximum atomic E-state index is 12.1. The van der Waals surface area contributed by atoms with Crippen LogP contribution in [0.2, 0.25) is 15.1 Å². The third-order valence-corrected chi connectivity index (χ3v) is 5.03. The number of hydrogen-bond donors (Lipinski definition) is 1. The van der Waals surface area contributed by atoms with E-state index in [0.29, 0.717) is 30.2 Å². The van der Waals surface area contributed by atoms with Crippen molar-refractivity contribution in [2.45, 2.75) is 6.42 Å². The molecule has 1 amide bonds. The van der Waals surface area contributed by atoms with E-state index in [-0.39, 0.29) is 21.9 Å². The summed E-state index contributed by atoms with van der Waals surface area (Å²) >= 11 is 18.0. The van der Waals surface area contributed by atoms with Gasteiger partial charge in [-0.3, -0.25) is 9.59 Å². The Morgan fingerprint density at radius 3 is 2.62 bits per heavy atom. The van der Waals surface area contributed by atoms with Crippen LogP contribution < -0.4 is 16.2 Å². The van der Waals surface area contributed by atoms with Gasteiger partial charge in [0.2, 0.25) is 5.91 Å². The Morgan fingerprint density at radius 1 is 1.25 bits per heavy atom. The summed E-state index contributed by atoms with van der Waals surface area (Å²) in [5.41, 5.74) is 6.07. The van der Waals surface area contributed by atoms with Gasteiger partial charge in [-0.25, -0.2) is 0 Å². The Hall–Kier alpha value is -1.76. The fourth-order valence-corrected chi connectivity index (χ4v) is 3.24. The molecule has 1 aliphatic rings. The molecular weight excluding hydrogens is 375 g/mol. The Labute approximate surface area is 152 Å². The Bertz CT molecular complexity index is 868. The standard InChI is InChI=1S/C15H13Cl3N4O2/c16-10-5-9(22-15(24)13(18)11(17)6-20-22)1-2-12(10)21-4-3-8(7-21)14(19)23/h1-2,5-6,8H,3-4,7H2,(H2,19,23)/t8-/m1/s1. The molecule has 0 saturated carbocycles. The van der Waals surface area contributed by atoms with Crippen LogP contribution >= 0.6 is 34.8 Å². The number of amides is 1. The van der Waals surface area contributed by atoms with Gasteiger partial charge in [0.05, 0.1) is 33.5 Å². The maximum absolute atomic E-state index is 12.1. The van der Waals surface area contributed by atoms with Gasteiger partial charge >= 0.3 is 0 Å². The van der Waals surface area contributed by atoms with E-state index in [4.69, 9.17) is 40.5 Å². The molecule has 1 aromatic carbocycles. The first kappa shape index (κ1) is 17.1. The fourth-order valence-electron chi connectivity index (χ4n) is 2.69. The molecule has 126 valence electrons. The van der Waals surface area contributed by atoms with E-state index >= 15 is 0 Å². The summed E-state index contributed by atoms with van der Waals surface area (Å²) in [5.74, 6) is -0.489. The molecule has 1 fully saturated rings. The zero-order valence-electron chi connectivity index (χ0n) is 12.4. The predicted octanol–water partition coefficient (Wildman–Crippen LogP) is 2.50. The second-order valence-corrected chi connectivity index (χ2v) is 6.69. The van der Waals surface area contributed by atoms with Crippen LogP contribution in [0.15, 0.2) is 29.2 Å². The zero-order valence-corrected chi connectivity index (χ0v) is 14.6. The highest BCUT2D eigenvalue weighted by atomic mass is 35.5. The molecular formula is C15H13Cl3N4O2. The normalized spacial score (nSPS) is 17.3. The Kier molecular flexibility index (Phi) is 4.71. The van der Waals surface area contributed by atoms with Crippen LogP contribution in [0.25, 0.3) is 5.69 Å². The SMILES string of the molecule is NC(=O)[C@@H]1CCN(c2ccc(-n3ncc(Cl)c(Cl)c3=O)cc2Cl)C1. The molecule has 6 nitrogen and oxygen atoms in total. The van der Waals surface area contributed by atoms with Crippen molar-refractivity contribution in [2.75, 3.05) is 18.0 Å². The molecule has 0 aliphatic carbocycles. The molecule has 3 rings (SSSR count). The molecule has 2 aromatic rings. The van der Waals surface area contributed by atoms with E-state index < -0.39 is 5.56 Å². The molecule has 2 heterocycles. The summed E-state index contributed by atoms with van der Waals surface area (Å²) in [6.07, 6.45) is 1.99. The van der Waals surface area contributed by atoms with Crippen molar-refractivity contribution in [1.82, 2.24) is 9.78 Å². The van der Waals surface area contributed by atoms with Crippen molar-refractivity contribution in [3.8, 4) is 5.69 Å². The fraction of sp³-hybridized carbons (Fsp3) is 0.267. The van der Waals surface area contributed by atoms with Crippen molar-refractivity contribution in [2.24, 2.45) is 11.7 Å². The van der Waals surface area contributed by atoms with E-state index in [2.05, 4.69) is 5.10 Å². The molecule has 2 N–H and O–H groups in total. The first-order valence-electron chi connectivity index (χ1n) is 7.16. The van der Waals surface area contributed by atoms with Gasteiger partial charge in [0, 0.05) is 13.1 Å². The van der Waals surface area contributed by atoms with Gasteiger partial charge in [-0.15, -0.1) is 0 Å². The molecule has 24 heavy (non-hydrogen) atoms. The van der Waals surface area contributed by atoms with Crippen LogP contribution in [-0.2, 0) is 4.79 Å². The highest BCUT2D eigenvalue weighted by molar-refractivity contribution is 6.41. The number of halogens is 3. The first-order valence-corrected chi connectivity index (χ1v) is 8.29. The van der Waals surface area contributed by atoms with E-state index in [1.807, 2.05) is 4.90 Å². The van der Waals surface area contributed by atoms with Gasteiger partial charge in [-0.05, 0) is 24.6 Å². The number of carbonyl (C=O) groups excluding carboxylic acids is 1. The van der Waals surface area contributed by atoms with E-state index in [0.717, 1.165) is 10.4 Å². The van der Waals surface area contributed by atoms with Crippen LogP contribution in [0.1, 0.15) is 6.42 Å². The summed E-state index contributed by atoms with van der Waals surface area (Å²) in [6.45, 7) is 1.22. The van der Waals surface area contributed by atoms with Crippen LogP contribution in [0, 0.1) is 5.92 Å². The van der Waals surface area contributed by atoms with Crippen molar-refractivity contribution in [1.29, 1.82) is 0 Å². The van der Waals surface area contributed by atoms with E-state index in [1.54, 1.807) is 18.2 Å². The quantitative estimate of drug-likeness (QED) is 0.877. The molecule has 0 unspecified atom stereocenters. The number of anilines is 1. The van der Waals surface area contributed by atoms with Crippen LogP contribution in [-0.4, -0.2) is 28.8 Å². The monoisotopic (exact) mass is 386 g/mol. The lowest BCUT2D eigenvalue weighted by Crippen LogP contribution is -2.27. The maximum Gasteiger partial charge on any atom is 0.291 e. The van der Waals surface area contributed by atoms with Crippen LogP contribution in [0.3, 0.4) is 0 Å². The number of nitrogens with zero attached hydrogens (tertiary/aromatic N) is 3. The van der Waals surface area contributed by atoms with Gasteiger partial charge in [0.1, 0.15) is 5.02 Å². The van der Waals surface area contributed by atoms with Gasteiger partial charge in [0.15, 0.2) is 0 Å². The lowest BCUT2D eigenvalue weighted by atomic mass is 10.1. The van der Waals surface area contributed by atoms with E-state index in [1.165, 1.54) is 6.20 Å². The Morgan fingerprint density at radius 2 is 2.00 bits per heavy atom. The molecule has 1 aliphatic heterocycles. The average Bonchev–Trinajstić information content (AvgIpc) is 3.02. The van der Waals surface area contributed by atoms with Gasteiger partial charge in [-0.1, -0.05) is 34.8 Å². The number of primary amides is 1. The highest BCUT2D eigenvalue weighted by Gasteiger charge is 2.27. The van der Waals surface area contributed by atoms with Crippen molar-refractivity contribution >= 4 is 46.4 Å². The summed E-state index contributed by atoms with van der Waals surface area (Å²) in [7, 11) is 0. The molecule has 0 bridgehead atoms. The molecule has 0 radical (unpaired) electrons. The number of benzene rings is 1. The lowest BCUT2D eigenvalue weighted by molar-refractivity contribution is -0.121. The third kappa shape index (κ3) is 3.09. The first-order chi connectivity index (χ1) is 11.4. The summed E-state index contributed by atoms with van der Waals surface area (Å²) in [6, 6.07) is 5.10. The smallest absolute Gasteiger partial charge is 0.291 e. The lowest BCUT2D eigenvalue weighted by Gasteiger charge is -2.20. The minimum absolute atomic E-state index is 0.0928.